The first-order chi connectivity index (χ1) is 12.2. The third-order valence-corrected chi connectivity index (χ3v) is 4.81. The number of hydrogen-bond donors (Lipinski definition) is 0. The van der Waals surface area contributed by atoms with Crippen LogP contribution in [0.5, 0.6) is 11.5 Å². The fourth-order valence-corrected chi connectivity index (χ4v) is 3.47. The van der Waals surface area contributed by atoms with Crippen molar-refractivity contribution in [3.63, 3.8) is 0 Å². The number of benzene rings is 2. The molecule has 3 aromatic rings. The van der Waals surface area contributed by atoms with E-state index in [-0.39, 0.29) is 18.2 Å². The zero-order valence-electron chi connectivity index (χ0n) is 12.8. The molecule has 0 bridgehead atoms. The highest BCUT2D eigenvalue weighted by molar-refractivity contribution is 7.98. The average Bonchev–Trinajstić information content (AvgIpc) is 3.10. The molecule has 0 fully saturated rings. The van der Waals surface area contributed by atoms with Crippen molar-refractivity contribution < 1.29 is 18.3 Å². The summed E-state index contributed by atoms with van der Waals surface area (Å²) >= 11 is 7.23. The summed E-state index contributed by atoms with van der Waals surface area (Å²) in [6.45, 7) is 0.280. The van der Waals surface area contributed by atoms with Gasteiger partial charge >= 0.3 is 0 Å². The van der Waals surface area contributed by atoms with Crippen molar-refractivity contribution in [1.82, 2.24) is 10.2 Å². The van der Waals surface area contributed by atoms with Gasteiger partial charge in [-0.3, -0.25) is 0 Å². The summed E-state index contributed by atoms with van der Waals surface area (Å²) in [6, 6.07) is 12.0. The van der Waals surface area contributed by atoms with E-state index in [2.05, 4.69) is 10.2 Å². The van der Waals surface area contributed by atoms with Crippen LogP contribution < -0.4 is 9.47 Å². The van der Waals surface area contributed by atoms with Gasteiger partial charge in [-0.15, -0.1) is 10.2 Å². The molecule has 1 aliphatic heterocycles. The summed E-state index contributed by atoms with van der Waals surface area (Å²) in [6.07, 6.45) is -0.478. The molecule has 0 N–H and O–H groups in total. The third-order valence-electron chi connectivity index (χ3n) is 3.61. The molecule has 25 heavy (non-hydrogen) atoms. The van der Waals surface area contributed by atoms with Crippen LogP contribution in [0.3, 0.4) is 0 Å². The highest BCUT2D eigenvalue weighted by atomic mass is 35.5. The number of rotatable bonds is 4. The number of nitrogens with zero attached hydrogens (tertiary/aromatic N) is 2. The summed E-state index contributed by atoms with van der Waals surface area (Å²) in [5, 5.41) is 8.65. The lowest BCUT2D eigenvalue weighted by Gasteiger charge is -2.23. The molecule has 4 rings (SSSR count). The number of para-hydroxylation sites is 2. The second-order valence-electron chi connectivity index (χ2n) is 5.26. The minimum Gasteiger partial charge on any atom is -0.485 e. The molecule has 1 aliphatic rings. The molecule has 0 unspecified atom stereocenters. The van der Waals surface area contributed by atoms with E-state index in [9.17, 15) is 4.39 Å². The van der Waals surface area contributed by atoms with Crippen LogP contribution in [-0.2, 0) is 5.75 Å². The number of fused-ring (bicyclic) bond motifs is 1. The van der Waals surface area contributed by atoms with Crippen LogP contribution >= 0.6 is 23.4 Å². The Morgan fingerprint density at radius 1 is 1.12 bits per heavy atom. The third kappa shape index (κ3) is 3.43. The minimum atomic E-state index is -0.478. The van der Waals surface area contributed by atoms with Crippen LogP contribution in [0.1, 0.15) is 17.6 Å². The van der Waals surface area contributed by atoms with Gasteiger partial charge in [0.05, 0.1) is 0 Å². The van der Waals surface area contributed by atoms with E-state index in [1.807, 2.05) is 24.3 Å². The van der Waals surface area contributed by atoms with Gasteiger partial charge in [0.2, 0.25) is 6.10 Å². The molecule has 1 atom stereocenters. The topological polar surface area (TPSA) is 57.4 Å². The lowest BCUT2D eigenvalue weighted by Crippen LogP contribution is -2.21. The second kappa shape index (κ2) is 6.93. The smallest absolute Gasteiger partial charge is 0.277 e. The molecule has 8 heteroatoms. The average molecular weight is 379 g/mol. The number of aromatic nitrogens is 2. The van der Waals surface area contributed by atoms with Crippen molar-refractivity contribution in [3.8, 4) is 11.5 Å². The molecule has 0 saturated heterocycles. The van der Waals surface area contributed by atoms with E-state index in [4.69, 9.17) is 25.5 Å². The number of thioether (sulfide) groups is 1. The maximum atomic E-state index is 13.8. The summed E-state index contributed by atoms with van der Waals surface area (Å²) < 4.78 is 30.9. The Hall–Kier alpha value is -2.25. The van der Waals surface area contributed by atoms with Gasteiger partial charge in [0.25, 0.3) is 11.1 Å². The molecular weight excluding hydrogens is 367 g/mol. The Kier molecular flexibility index (Phi) is 4.50. The monoisotopic (exact) mass is 378 g/mol. The van der Waals surface area contributed by atoms with Gasteiger partial charge in [-0.25, -0.2) is 4.39 Å². The van der Waals surface area contributed by atoms with Crippen molar-refractivity contribution in [2.24, 2.45) is 0 Å². The van der Waals surface area contributed by atoms with Crippen LogP contribution in [0, 0.1) is 5.82 Å². The maximum Gasteiger partial charge on any atom is 0.277 e. The molecular formula is C17H12ClFN2O3S. The Morgan fingerprint density at radius 2 is 1.96 bits per heavy atom. The maximum absolute atomic E-state index is 13.8. The molecule has 0 radical (unpaired) electrons. The van der Waals surface area contributed by atoms with Crippen LogP contribution in [0.2, 0.25) is 5.02 Å². The van der Waals surface area contributed by atoms with E-state index in [1.54, 1.807) is 12.1 Å². The first-order valence-electron chi connectivity index (χ1n) is 7.48. The first kappa shape index (κ1) is 16.2. The van der Waals surface area contributed by atoms with E-state index in [0.717, 1.165) is 0 Å². The molecule has 0 amide bonds. The van der Waals surface area contributed by atoms with E-state index in [0.29, 0.717) is 33.2 Å². The van der Waals surface area contributed by atoms with Crippen LogP contribution in [0.15, 0.2) is 52.1 Å². The fraction of sp³-hybridized carbons (Fsp3) is 0.176. The standard InChI is InChI=1S/C17H12ClFN2O3S/c18-11-4-3-5-12(19)10(11)9-25-17-21-20-16(24-17)15-8-22-13-6-1-2-7-14(13)23-15/h1-7,15H,8-9H2/t15-/m0/s1. The van der Waals surface area contributed by atoms with Crippen LogP contribution in [-0.4, -0.2) is 16.8 Å². The van der Waals surface area contributed by atoms with Crippen molar-refractivity contribution in [3.05, 3.63) is 64.8 Å². The molecule has 0 saturated carbocycles. The number of ether oxygens (including phenoxy) is 2. The number of halogens is 2. The lowest BCUT2D eigenvalue weighted by atomic mass is 10.2. The highest BCUT2D eigenvalue weighted by Crippen LogP contribution is 2.36. The molecule has 0 aliphatic carbocycles. The predicted octanol–water partition coefficient (Wildman–Crippen LogP) is 4.67. The first-order valence-corrected chi connectivity index (χ1v) is 8.84. The van der Waals surface area contributed by atoms with Gasteiger partial charge in [0.1, 0.15) is 12.4 Å². The van der Waals surface area contributed by atoms with Gasteiger partial charge in [-0.05, 0) is 24.3 Å². The fourth-order valence-electron chi connectivity index (χ4n) is 2.35. The van der Waals surface area contributed by atoms with Crippen LogP contribution in [0.25, 0.3) is 0 Å². The lowest BCUT2D eigenvalue weighted by molar-refractivity contribution is 0.0686. The van der Waals surface area contributed by atoms with Crippen molar-refractivity contribution >= 4 is 23.4 Å². The molecule has 128 valence electrons. The molecule has 1 aromatic heterocycles. The van der Waals surface area contributed by atoms with E-state index >= 15 is 0 Å². The quantitative estimate of drug-likeness (QED) is 0.615. The number of hydrogen-bond acceptors (Lipinski definition) is 6. The molecule has 0 spiro atoms. The van der Waals surface area contributed by atoms with Crippen LogP contribution in [0.4, 0.5) is 4.39 Å². The van der Waals surface area contributed by atoms with Gasteiger partial charge in [-0.2, -0.15) is 0 Å². The summed E-state index contributed by atoms with van der Waals surface area (Å²) in [5.74, 6) is 1.56. The Labute approximate surface area is 152 Å². The molecule has 5 nitrogen and oxygen atoms in total. The van der Waals surface area contributed by atoms with Crippen molar-refractivity contribution in [2.75, 3.05) is 6.61 Å². The normalized spacial score (nSPS) is 16.0. The summed E-state index contributed by atoms with van der Waals surface area (Å²) in [4.78, 5) is 0. The largest absolute Gasteiger partial charge is 0.485 e. The molecule has 2 heterocycles. The Bertz CT molecular complexity index is 885. The van der Waals surface area contributed by atoms with E-state index in [1.165, 1.54) is 17.8 Å². The summed E-state index contributed by atoms with van der Waals surface area (Å²) in [5.41, 5.74) is 0.403. The van der Waals surface area contributed by atoms with Crippen molar-refractivity contribution in [1.29, 1.82) is 0 Å². The minimum absolute atomic E-state index is 0.280. The predicted molar refractivity (Wildman–Crippen MR) is 90.6 cm³/mol. The molecule has 2 aromatic carbocycles. The van der Waals surface area contributed by atoms with Gasteiger partial charge in [0, 0.05) is 16.3 Å². The van der Waals surface area contributed by atoms with Gasteiger partial charge in [0.15, 0.2) is 11.5 Å². The van der Waals surface area contributed by atoms with Gasteiger partial charge in [-0.1, -0.05) is 41.6 Å². The zero-order chi connectivity index (χ0) is 17.2. The van der Waals surface area contributed by atoms with E-state index < -0.39 is 6.10 Å². The Morgan fingerprint density at radius 3 is 2.80 bits per heavy atom. The SMILES string of the molecule is Fc1cccc(Cl)c1CSc1nnc([C@@H]2COc3ccccc3O2)o1. The Balaban J connectivity index is 1.44. The van der Waals surface area contributed by atoms with Gasteiger partial charge < -0.3 is 13.9 Å². The highest BCUT2D eigenvalue weighted by Gasteiger charge is 2.27. The summed E-state index contributed by atoms with van der Waals surface area (Å²) in [7, 11) is 0. The van der Waals surface area contributed by atoms with Crippen molar-refractivity contribution in [2.45, 2.75) is 17.1 Å². The zero-order valence-corrected chi connectivity index (χ0v) is 14.4. The second-order valence-corrected chi connectivity index (χ2v) is 6.59.